The van der Waals surface area contributed by atoms with Crippen molar-refractivity contribution >= 4 is 6.08 Å². The molecule has 0 nitrogen and oxygen atoms in total. The second-order valence-corrected chi connectivity index (χ2v) is 3.32. The van der Waals surface area contributed by atoms with E-state index >= 15 is 0 Å². The van der Waals surface area contributed by atoms with Crippen LogP contribution in [0.1, 0.15) is 65.5 Å². The molecule has 0 radical (unpaired) electrons. The van der Waals surface area contributed by atoms with Gasteiger partial charge in [-0.25, -0.2) is 0 Å². The number of hydrogen-bond donors (Lipinski definition) is 0. The normalized spacial score (nSPS) is 9.25. The molecule has 1 rings (SSSR count). The minimum absolute atomic E-state index is 0.621. The summed E-state index contributed by atoms with van der Waals surface area (Å²) in [6, 6.07) is 8.67. The van der Waals surface area contributed by atoms with Crippen molar-refractivity contribution < 1.29 is 0 Å². The van der Waals surface area contributed by atoms with E-state index in [0.29, 0.717) is 5.92 Å². The highest BCUT2D eigenvalue weighted by atomic mass is 14.0. The van der Waals surface area contributed by atoms with Crippen LogP contribution < -0.4 is 0 Å². The van der Waals surface area contributed by atoms with Gasteiger partial charge in [0.05, 0.1) is 0 Å². The third-order valence-electron chi connectivity index (χ3n) is 1.94. The van der Waals surface area contributed by atoms with E-state index in [1.165, 1.54) is 11.1 Å². The van der Waals surface area contributed by atoms with Crippen LogP contribution in [0.3, 0.4) is 0 Å². The second-order valence-electron chi connectivity index (χ2n) is 3.32. The molecule has 16 heavy (non-hydrogen) atoms. The van der Waals surface area contributed by atoms with Crippen LogP contribution in [0.5, 0.6) is 0 Å². The van der Waals surface area contributed by atoms with Gasteiger partial charge in [-0.2, -0.15) is 0 Å². The van der Waals surface area contributed by atoms with E-state index in [-0.39, 0.29) is 0 Å². The lowest BCUT2D eigenvalue weighted by Gasteiger charge is -2.05. The van der Waals surface area contributed by atoms with Crippen molar-refractivity contribution in [1.29, 1.82) is 0 Å². The number of allylic oxidation sites excluding steroid dienone is 1. The van der Waals surface area contributed by atoms with Crippen LogP contribution in [0.2, 0.25) is 0 Å². The lowest BCUT2D eigenvalue weighted by molar-refractivity contribution is 0.866. The van der Waals surface area contributed by atoms with Crippen LogP contribution in [0.25, 0.3) is 6.08 Å². The summed E-state index contributed by atoms with van der Waals surface area (Å²) in [4.78, 5) is 0. The Balaban J connectivity index is 0. The number of hydrogen-bond acceptors (Lipinski definition) is 0. The van der Waals surface area contributed by atoms with Crippen molar-refractivity contribution in [3.63, 3.8) is 0 Å². The standard InChI is InChI=1S/C12H16.2C2H6/c1-4-6-11-7-5-8-12(9-11)10(2)3;2*1-2/h4-10H,1-3H3;2*1-2H3/b6-4+;;. The first-order valence-corrected chi connectivity index (χ1v) is 6.46. The van der Waals surface area contributed by atoms with Crippen LogP contribution in [0.15, 0.2) is 30.3 Å². The predicted octanol–water partition coefficient (Wildman–Crippen LogP) is 5.90. The summed E-state index contributed by atoms with van der Waals surface area (Å²) >= 11 is 0. The van der Waals surface area contributed by atoms with Gasteiger partial charge < -0.3 is 0 Å². The highest BCUT2D eigenvalue weighted by molar-refractivity contribution is 5.50. The van der Waals surface area contributed by atoms with Crippen molar-refractivity contribution in [2.75, 3.05) is 0 Å². The van der Waals surface area contributed by atoms with Gasteiger partial charge in [-0.1, -0.05) is 78.0 Å². The van der Waals surface area contributed by atoms with E-state index in [1.807, 2.05) is 34.6 Å². The molecule has 0 heteroatoms. The summed E-state index contributed by atoms with van der Waals surface area (Å²) in [5.74, 6) is 0.621. The molecule has 0 N–H and O–H groups in total. The minimum atomic E-state index is 0.621. The Kier molecular flexibility index (Phi) is 13.1. The Labute approximate surface area is 102 Å². The van der Waals surface area contributed by atoms with Crippen molar-refractivity contribution in [3.8, 4) is 0 Å². The van der Waals surface area contributed by atoms with Gasteiger partial charge in [0.25, 0.3) is 0 Å². The van der Waals surface area contributed by atoms with Crippen molar-refractivity contribution in [1.82, 2.24) is 0 Å². The third kappa shape index (κ3) is 7.28. The zero-order valence-electron chi connectivity index (χ0n) is 12.0. The average Bonchev–Trinajstić information content (AvgIpc) is 2.35. The molecule has 0 heterocycles. The summed E-state index contributed by atoms with van der Waals surface area (Å²) < 4.78 is 0. The Bertz CT molecular complexity index is 269. The maximum absolute atomic E-state index is 2.24. The van der Waals surface area contributed by atoms with E-state index in [0.717, 1.165) is 0 Å². The monoisotopic (exact) mass is 220 g/mol. The van der Waals surface area contributed by atoms with Crippen LogP contribution >= 0.6 is 0 Å². The van der Waals surface area contributed by atoms with Gasteiger partial charge in [-0.15, -0.1) is 0 Å². The fraction of sp³-hybridized carbons (Fsp3) is 0.500. The molecule has 0 saturated heterocycles. The van der Waals surface area contributed by atoms with Crippen molar-refractivity contribution in [3.05, 3.63) is 41.5 Å². The van der Waals surface area contributed by atoms with E-state index in [4.69, 9.17) is 0 Å². The Morgan fingerprint density at radius 2 is 1.56 bits per heavy atom. The third-order valence-corrected chi connectivity index (χ3v) is 1.94. The van der Waals surface area contributed by atoms with Crippen molar-refractivity contribution in [2.45, 2.75) is 54.4 Å². The molecule has 0 spiro atoms. The smallest absolute Gasteiger partial charge is 0.0219 e. The molecule has 1 aromatic rings. The van der Waals surface area contributed by atoms with E-state index in [1.54, 1.807) is 0 Å². The number of benzene rings is 1. The molecule has 0 unspecified atom stereocenters. The molecular formula is C16H28. The molecule has 92 valence electrons. The minimum Gasteiger partial charge on any atom is -0.0871 e. The second kappa shape index (κ2) is 12.0. The van der Waals surface area contributed by atoms with Gasteiger partial charge >= 0.3 is 0 Å². The molecule has 0 bridgehead atoms. The molecule has 1 aromatic carbocycles. The van der Waals surface area contributed by atoms with Gasteiger partial charge in [0.1, 0.15) is 0 Å². The summed E-state index contributed by atoms with van der Waals surface area (Å²) in [5.41, 5.74) is 2.70. The summed E-state index contributed by atoms with van der Waals surface area (Å²) in [6.45, 7) is 14.5. The Hall–Kier alpha value is -1.04. The lowest BCUT2D eigenvalue weighted by Crippen LogP contribution is -1.86. The van der Waals surface area contributed by atoms with Crippen LogP contribution in [0.4, 0.5) is 0 Å². The van der Waals surface area contributed by atoms with Crippen LogP contribution in [-0.4, -0.2) is 0 Å². The topological polar surface area (TPSA) is 0 Å². The van der Waals surface area contributed by atoms with Crippen LogP contribution in [0, 0.1) is 0 Å². The maximum atomic E-state index is 2.24. The highest BCUT2D eigenvalue weighted by Crippen LogP contribution is 2.16. The molecular weight excluding hydrogens is 192 g/mol. The first-order valence-electron chi connectivity index (χ1n) is 6.46. The van der Waals surface area contributed by atoms with E-state index < -0.39 is 0 Å². The predicted molar refractivity (Wildman–Crippen MR) is 77.9 cm³/mol. The largest absolute Gasteiger partial charge is 0.0871 e. The van der Waals surface area contributed by atoms with Gasteiger partial charge in [0, 0.05) is 0 Å². The first kappa shape index (κ1) is 17.4. The summed E-state index contributed by atoms with van der Waals surface area (Å²) in [5, 5.41) is 0. The fourth-order valence-corrected chi connectivity index (χ4v) is 1.21. The van der Waals surface area contributed by atoms with E-state index in [9.17, 15) is 0 Å². The van der Waals surface area contributed by atoms with Gasteiger partial charge in [-0.3, -0.25) is 0 Å². The molecule has 0 aliphatic carbocycles. The zero-order valence-corrected chi connectivity index (χ0v) is 12.0. The highest BCUT2D eigenvalue weighted by Gasteiger charge is 1.97. The molecule has 0 saturated carbocycles. The summed E-state index contributed by atoms with van der Waals surface area (Å²) in [6.07, 6.45) is 4.20. The lowest BCUT2D eigenvalue weighted by atomic mass is 10.0. The first-order chi connectivity index (χ1) is 7.74. The van der Waals surface area contributed by atoms with Gasteiger partial charge in [-0.05, 0) is 24.0 Å². The Morgan fingerprint density at radius 3 is 2.00 bits per heavy atom. The fourth-order valence-electron chi connectivity index (χ4n) is 1.21. The number of rotatable bonds is 2. The Morgan fingerprint density at radius 1 is 1.00 bits per heavy atom. The summed E-state index contributed by atoms with van der Waals surface area (Å²) in [7, 11) is 0. The molecule has 0 amide bonds. The van der Waals surface area contributed by atoms with E-state index in [2.05, 4.69) is 50.3 Å². The molecule has 0 atom stereocenters. The van der Waals surface area contributed by atoms with Gasteiger partial charge in [0.2, 0.25) is 0 Å². The zero-order chi connectivity index (χ0) is 13.0. The molecule has 0 aliphatic rings. The molecule has 0 aliphatic heterocycles. The molecule has 0 fully saturated rings. The quantitative estimate of drug-likeness (QED) is 0.582. The van der Waals surface area contributed by atoms with Crippen molar-refractivity contribution in [2.24, 2.45) is 0 Å². The average molecular weight is 220 g/mol. The van der Waals surface area contributed by atoms with Crippen LogP contribution in [-0.2, 0) is 0 Å². The van der Waals surface area contributed by atoms with Gasteiger partial charge in [0.15, 0.2) is 0 Å². The maximum Gasteiger partial charge on any atom is -0.0219 e. The SMILES string of the molecule is C/C=C/c1cccc(C(C)C)c1.CC.CC. The molecule has 0 aromatic heterocycles.